The van der Waals surface area contributed by atoms with E-state index < -0.39 is 86.8 Å². The van der Waals surface area contributed by atoms with Crippen LogP contribution in [0.25, 0.3) is 0 Å². The number of hydrogen-bond acceptors (Lipinski definition) is 13. The highest BCUT2D eigenvalue weighted by molar-refractivity contribution is 5.76. The fraction of sp³-hybridized carbons (Fsp3) is 0.667. The van der Waals surface area contributed by atoms with Gasteiger partial charge in [-0.1, -0.05) is 256 Å². The van der Waals surface area contributed by atoms with Crippen LogP contribution in [0.5, 0.6) is 0 Å². The minimum atomic E-state index is -1.80. The fourth-order valence-corrected chi connectivity index (χ4v) is 10.3. The Bertz CT molecular complexity index is 2050. The number of amides is 1. The third-order valence-corrected chi connectivity index (χ3v) is 15.8. The minimum Gasteiger partial charge on any atom is -0.394 e. The van der Waals surface area contributed by atoms with Crippen LogP contribution in [0.4, 0.5) is 0 Å². The van der Waals surface area contributed by atoms with E-state index in [0.29, 0.717) is 12.8 Å². The van der Waals surface area contributed by atoms with Crippen molar-refractivity contribution in [3.05, 3.63) is 146 Å². The Kier molecular flexibility index (Phi) is 52.5. The van der Waals surface area contributed by atoms with Gasteiger partial charge in [0.1, 0.15) is 48.8 Å². The molecule has 0 aromatic heterocycles. The molecule has 12 atom stereocenters. The molecule has 0 aromatic rings. The van der Waals surface area contributed by atoms with Crippen LogP contribution < -0.4 is 5.32 Å². The van der Waals surface area contributed by atoms with Gasteiger partial charge in [-0.3, -0.25) is 4.79 Å². The molecule has 2 saturated heterocycles. The molecule has 2 heterocycles. The van der Waals surface area contributed by atoms with E-state index in [0.717, 1.165) is 109 Å². The predicted octanol–water partition coefficient (Wildman–Crippen LogP) is 14.1. The Labute approximate surface area is 538 Å². The molecular formula is C75H123NO13. The lowest BCUT2D eigenvalue weighted by molar-refractivity contribution is -0.359. The summed E-state index contributed by atoms with van der Waals surface area (Å²) in [6, 6.07) is -0.947. The molecule has 12 unspecified atom stereocenters. The first-order valence-corrected chi connectivity index (χ1v) is 34.6. The molecule has 14 nitrogen and oxygen atoms in total. The van der Waals surface area contributed by atoms with Crippen LogP contribution in [0.3, 0.4) is 0 Å². The molecule has 9 N–H and O–H groups in total. The van der Waals surface area contributed by atoms with Gasteiger partial charge in [-0.25, -0.2) is 0 Å². The van der Waals surface area contributed by atoms with Gasteiger partial charge in [-0.15, -0.1) is 0 Å². The Morgan fingerprint density at radius 1 is 0.416 bits per heavy atom. The number of carbonyl (C=O) groups is 1. The number of nitrogens with one attached hydrogen (secondary N) is 1. The van der Waals surface area contributed by atoms with Crippen LogP contribution in [0.1, 0.15) is 226 Å². The van der Waals surface area contributed by atoms with Gasteiger partial charge in [0.2, 0.25) is 5.91 Å². The van der Waals surface area contributed by atoms with E-state index in [-0.39, 0.29) is 18.9 Å². The molecule has 506 valence electrons. The summed E-state index contributed by atoms with van der Waals surface area (Å²) in [6.07, 6.45) is 70.4. The average molecular weight is 1250 g/mol. The second kappa shape index (κ2) is 57.7. The zero-order chi connectivity index (χ0) is 64.5. The van der Waals surface area contributed by atoms with E-state index >= 15 is 0 Å². The van der Waals surface area contributed by atoms with Crippen molar-refractivity contribution in [1.82, 2.24) is 5.32 Å². The van der Waals surface area contributed by atoms with E-state index in [1.54, 1.807) is 6.08 Å². The van der Waals surface area contributed by atoms with Crippen LogP contribution in [0, 0.1) is 0 Å². The van der Waals surface area contributed by atoms with Crippen LogP contribution in [0.15, 0.2) is 146 Å². The van der Waals surface area contributed by atoms with Crippen LogP contribution >= 0.6 is 0 Å². The average Bonchev–Trinajstić information content (AvgIpc) is 2.55. The highest BCUT2D eigenvalue weighted by atomic mass is 16.7. The number of rotatable bonds is 54. The maximum absolute atomic E-state index is 13.3. The smallest absolute Gasteiger partial charge is 0.220 e. The lowest BCUT2D eigenvalue weighted by atomic mass is 9.97. The van der Waals surface area contributed by atoms with Gasteiger partial charge in [0.25, 0.3) is 0 Å². The maximum Gasteiger partial charge on any atom is 0.220 e. The summed E-state index contributed by atoms with van der Waals surface area (Å²) in [4.78, 5) is 13.3. The number of aliphatic hydroxyl groups excluding tert-OH is 8. The number of unbranched alkanes of at least 4 members (excludes halogenated alkanes) is 19. The highest BCUT2D eigenvalue weighted by Gasteiger charge is 2.51. The van der Waals surface area contributed by atoms with Crippen LogP contribution in [-0.2, 0) is 23.7 Å². The maximum atomic E-state index is 13.3. The van der Waals surface area contributed by atoms with Crippen molar-refractivity contribution >= 4 is 5.91 Å². The fourth-order valence-electron chi connectivity index (χ4n) is 10.3. The molecule has 0 bridgehead atoms. The zero-order valence-corrected chi connectivity index (χ0v) is 54.9. The number of carbonyl (C=O) groups excluding carboxylic acids is 1. The minimum absolute atomic E-state index is 0.254. The monoisotopic (exact) mass is 1250 g/mol. The van der Waals surface area contributed by atoms with Gasteiger partial charge in [0.15, 0.2) is 12.6 Å². The van der Waals surface area contributed by atoms with Gasteiger partial charge in [-0.05, 0) is 109 Å². The first-order chi connectivity index (χ1) is 43.6. The Morgan fingerprint density at radius 2 is 0.787 bits per heavy atom. The number of aliphatic hydroxyl groups is 8. The molecule has 2 rings (SSSR count). The van der Waals surface area contributed by atoms with Gasteiger partial charge < -0.3 is 65.1 Å². The van der Waals surface area contributed by atoms with E-state index in [1.165, 1.54) is 83.5 Å². The topological polar surface area (TPSA) is 228 Å². The SMILES string of the molecule is CC/C=C\C/C=C\C/C=C\C/C=C\C/C=C\C/C=C\C/C=C\C/C=C\C/C=C\C/C=C\CCCCCCCCCCC(=O)NC(COC1OC(CO)C(OC2OC(CO)C(O)C(O)C2O)C(O)C1O)C(O)/C=C/CC/C=C/CCCCCCCCCCCC. The molecule has 0 aromatic carbocycles. The lowest BCUT2D eigenvalue weighted by Gasteiger charge is -2.46. The molecule has 0 saturated carbocycles. The van der Waals surface area contributed by atoms with Crippen molar-refractivity contribution in [3.63, 3.8) is 0 Å². The second-order valence-corrected chi connectivity index (χ2v) is 23.6. The van der Waals surface area contributed by atoms with Crippen molar-refractivity contribution in [2.24, 2.45) is 0 Å². The molecule has 14 heteroatoms. The lowest BCUT2D eigenvalue weighted by Crippen LogP contribution is -2.65. The number of hydrogen-bond donors (Lipinski definition) is 9. The molecule has 0 radical (unpaired) electrons. The first kappa shape index (κ1) is 81.0. The Hall–Kier alpha value is -4.13. The van der Waals surface area contributed by atoms with E-state index in [1.807, 2.05) is 6.08 Å². The molecule has 2 aliphatic heterocycles. The summed E-state index contributed by atoms with van der Waals surface area (Å²) in [5, 5.41) is 87.2. The van der Waals surface area contributed by atoms with Gasteiger partial charge in [-0.2, -0.15) is 0 Å². The second-order valence-electron chi connectivity index (χ2n) is 23.6. The van der Waals surface area contributed by atoms with E-state index in [2.05, 4.69) is 153 Å². The van der Waals surface area contributed by atoms with Crippen LogP contribution in [0.2, 0.25) is 0 Å². The van der Waals surface area contributed by atoms with Crippen molar-refractivity contribution in [3.8, 4) is 0 Å². The van der Waals surface area contributed by atoms with Gasteiger partial charge >= 0.3 is 0 Å². The standard InChI is InChI=1S/C75H123NO13/c1-3-5-7-9-11-13-15-17-19-21-22-23-24-25-26-27-28-29-30-31-32-33-34-35-36-37-38-39-40-41-42-43-45-47-49-51-53-55-57-59-67(80)76-63(64(79)58-56-54-52-50-48-46-44-20-18-16-14-12-10-8-6-4-2)62-86-74-72(85)70(83)73(66(61-78)88-74)89-75-71(84)69(82)68(81)65(60-77)87-75/h5,7,11,13,17,19,22-23,25-26,28-29,31-32,34-35,37-38,40-41,48,50,56,58,63-66,68-75,77-79,81-85H,3-4,6,8-10,12,14-16,18,20-21,24,27,30,33,36,39,42-47,49,51-55,57,59-62H2,1-2H3,(H,76,80)/b7-5-,13-11-,19-17-,23-22-,26-25-,29-28-,32-31-,35-34-,38-37-,41-40-,50-48+,58-56+. The number of allylic oxidation sites excluding steroid dienone is 23. The van der Waals surface area contributed by atoms with Crippen molar-refractivity contribution < 1.29 is 64.6 Å². The van der Waals surface area contributed by atoms with Gasteiger partial charge in [0, 0.05) is 6.42 Å². The molecule has 2 fully saturated rings. The summed E-state index contributed by atoms with van der Waals surface area (Å²) in [7, 11) is 0. The van der Waals surface area contributed by atoms with Crippen molar-refractivity contribution in [2.75, 3.05) is 19.8 Å². The summed E-state index contributed by atoms with van der Waals surface area (Å²) in [5.41, 5.74) is 0. The Morgan fingerprint density at radius 3 is 1.24 bits per heavy atom. The zero-order valence-electron chi connectivity index (χ0n) is 54.9. The predicted molar refractivity (Wildman–Crippen MR) is 364 cm³/mol. The molecule has 0 spiro atoms. The Balaban J connectivity index is 1.66. The van der Waals surface area contributed by atoms with Gasteiger partial charge in [0.05, 0.1) is 32.0 Å². The molecular weight excluding hydrogens is 1120 g/mol. The summed E-state index contributed by atoms with van der Waals surface area (Å²) < 4.78 is 22.8. The summed E-state index contributed by atoms with van der Waals surface area (Å²) >= 11 is 0. The normalized spacial score (nSPS) is 24.0. The molecule has 89 heavy (non-hydrogen) atoms. The highest BCUT2D eigenvalue weighted by Crippen LogP contribution is 2.30. The molecule has 0 aliphatic carbocycles. The van der Waals surface area contributed by atoms with Crippen LogP contribution in [-0.4, -0.2) is 140 Å². The van der Waals surface area contributed by atoms with Crippen molar-refractivity contribution in [1.29, 1.82) is 0 Å². The van der Waals surface area contributed by atoms with Crippen molar-refractivity contribution in [2.45, 2.75) is 299 Å². The molecule has 1 amide bonds. The quantitative estimate of drug-likeness (QED) is 0.0204. The first-order valence-electron chi connectivity index (χ1n) is 34.6. The van der Waals surface area contributed by atoms with E-state index in [4.69, 9.17) is 18.9 Å². The summed E-state index contributed by atoms with van der Waals surface area (Å²) in [6.45, 7) is 2.64. The largest absolute Gasteiger partial charge is 0.394 e. The third kappa shape index (κ3) is 41.9. The van der Waals surface area contributed by atoms with E-state index in [9.17, 15) is 45.6 Å². The number of ether oxygens (including phenoxy) is 4. The third-order valence-electron chi connectivity index (χ3n) is 15.8. The summed E-state index contributed by atoms with van der Waals surface area (Å²) in [5.74, 6) is -0.264. The molecule has 2 aliphatic rings.